The van der Waals surface area contributed by atoms with Crippen LogP contribution in [0.15, 0.2) is 28.8 Å². The molecule has 0 unspecified atom stereocenters. The van der Waals surface area contributed by atoms with Crippen molar-refractivity contribution in [3.63, 3.8) is 0 Å². The van der Waals surface area contributed by atoms with Gasteiger partial charge in [0, 0.05) is 11.6 Å². The fourth-order valence-corrected chi connectivity index (χ4v) is 1.93. The van der Waals surface area contributed by atoms with E-state index in [4.69, 9.17) is 10.5 Å². The highest BCUT2D eigenvalue weighted by Crippen LogP contribution is 2.36. The predicted octanol–water partition coefficient (Wildman–Crippen LogP) is 3.13. The number of phenols is 1. The standard InChI is InChI=1S/C12H16BrNO2/c1-7(2)4-11(14)9-5-8(16-3)6-10(13)12(9)15/h5-6,11,15H,1,4,14H2,2-3H3/t11-/m0/s1. The van der Waals surface area contributed by atoms with Crippen LogP contribution in [0.25, 0.3) is 0 Å². The molecule has 1 atom stereocenters. The van der Waals surface area contributed by atoms with E-state index in [1.54, 1.807) is 19.2 Å². The molecule has 1 aromatic carbocycles. The van der Waals surface area contributed by atoms with Crippen molar-refractivity contribution < 1.29 is 9.84 Å². The quantitative estimate of drug-likeness (QED) is 0.836. The highest BCUT2D eigenvalue weighted by Gasteiger charge is 2.15. The lowest BCUT2D eigenvalue weighted by Crippen LogP contribution is -2.11. The normalized spacial score (nSPS) is 12.2. The number of rotatable bonds is 4. The summed E-state index contributed by atoms with van der Waals surface area (Å²) in [5.74, 6) is 0.825. The molecular weight excluding hydrogens is 270 g/mol. The minimum absolute atomic E-state index is 0.162. The van der Waals surface area contributed by atoms with Gasteiger partial charge in [0.25, 0.3) is 0 Å². The Kier molecular flexibility index (Phi) is 4.38. The summed E-state index contributed by atoms with van der Waals surface area (Å²) in [7, 11) is 1.58. The maximum absolute atomic E-state index is 9.89. The molecular formula is C12H16BrNO2. The van der Waals surface area contributed by atoms with E-state index in [2.05, 4.69) is 22.5 Å². The van der Waals surface area contributed by atoms with E-state index in [1.165, 1.54) is 0 Å². The minimum atomic E-state index is -0.274. The Hall–Kier alpha value is -1.00. The van der Waals surface area contributed by atoms with Crippen LogP contribution < -0.4 is 10.5 Å². The number of benzene rings is 1. The Morgan fingerprint density at radius 1 is 1.62 bits per heavy atom. The van der Waals surface area contributed by atoms with E-state index in [-0.39, 0.29) is 11.8 Å². The zero-order chi connectivity index (χ0) is 12.3. The number of ether oxygens (including phenoxy) is 1. The summed E-state index contributed by atoms with van der Waals surface area (Å²) in [5.41, 5.74) is 7.63. The van der Waals surface area contributed by atoms with Gasteiger partial charge in [-0.05, 0) is 41.4 Å². The third-order valence-electron chi connectivity index (χ3n) is 2.27. The van der Waals surface area contributed by atoms with Crippen molar-refractivity contribution in [2.45, 2.75) is 19.4 Å². The smallest absolute Gasteiger partial charge is 0.134 e. The van der Waals surface area contributed by atoms with Gasteiger partial charge in [-0.3, -0.25) is 0 Å². The van der Waals surface area contributed by atoms with Crippen molar-refractivity contribution in [2.24, 2.45) is 5.73 Å². The molecule has 0 aliphatic heterocycles. The first-order valence-electron chi connectivity index (χ1n) is 4.92. The van der Waals surface area contributed by atoms with Crippen LogP contribution in [0.5, 0.6) is 11.5 Å². The van der Waals surface area contributed by atoms with Gasteiger partial charge in [0.15, 0.2) is 0 Å². The number of nitrogens with two attached hydrogens (primary N) is 1. The summed E-state index contributed by atoms with van der Waals surface area (Å²) in [6.45, 7) is 5.72. The van der Waals surface area contributed by atoms with Gasteiger partial charge in [-0.2, -0.15) is 0 Å². The first kappa shape index (κ1) is 13.1. The van der Waals surface area contributed by atoms with Crippen molar-refractivity contribution >= 4 is 15.9 Å². The third kappa shape index (κ3) is 3.00. The molecule has 0 fully saturated rings. The van der Waals surface area contributed by atoms with Crippen LogP contribution in [0.2, 0.25) is 0 Å². The van der Waals surface area contributed by atoms with Crippen molar-refractivity contribution in [3.05, 3.63) is 34.3 Å². The van der Waals surface area contributed by atoms with E-state index in [0.717, 1.165) is 5.57 Å². The van der Waals surface area contributed by atoms with Crippen LogP contribution in [0.3, 0.4) is 0 Å². The second-order valence-corrected chi connectivity index (χ2v) is 4.67. The van der Waals surface area contributed by atoms with Gasteiger partial charge < -0.3 is 15.6 Å². The molecule has 1 rings (SSSR count). The van der Waals surface area contributed by atoms with Crippen LogP contribution in [-0.4, -0.2) is 12.2 Å². The molecule has 0 aliphatic rings. The number of methoxy groups -OCH3 is 1. The summed E-state index contributed by atoms with van der Waals surface area (Å²) in [6.07, 6.45) is 0.632. The summed E-state index contributed by atoms with van der Waals surface area (Å²) < 4.78 is 5.71. The molecule has 16 heavy (non-hydrogen) atoms. The Morgan fingerprint density at radius 2 is 2.25 bits per heavy atom. The molecule has 3 N–H and O–H groups in total. The molecule has 0 radical (unpaired) electrons. The summed E-state index contributed by atoms with van der Waals surface area (Å²) >= 11 is 3.26. The lowest BCUT2D eigenvalue weighted by Gasteiger charge is -2.15. The fourth-order valence-electron chi connectivity index (χ4n) is 1.48. The second kappa shape index (κ2) is 5.37. The van der Waals surface area contributed by atoms with Crippen molar-refractivity contribution in [1.29, 1.82) is 0 Å². The molecule has 0 saturated carbocycles. The SMILES string of the molecule is C=C(C)C[C@H](N)c1cc(OC)cc(Br)c1O. The van der Waals surface area contributed by atoms with Gasteiger partial charge in [-0.1, -0.05) is 5.57 Å². The fraction of sp³-hybridized carbons (Fsp3) is 0.333. The van der Waals surface area contributed by atoms with E-state index in [9.17, 15) is 5.11 Å². The number of phenolic OH excluding ortho intramolecular Hbond substituents is 1. The summed E-state index contributed by atoms with van der Waals surface area (Å²) in [5, 5.41) is 9.89. The molecule has 88 valence electrons. The third-order valence-corrected chi connectivity index (χ3v) is 2.87. The lowest BCUT2D eigenvalue weighted by molar-refractivity contribution is 0.408. The maximum Gasteiger partial charge on any atom is 0.134 e. The molecule has 0 saturated heterocycles. The Labute approximate surface area is 104 Å². The van der Waals surface area contributed by atoms with E-state index >= 15 is 0 Å². The number of hydrogen-bond donors (Lipinski definition) is 2. The zero-order valence-electron chi connectivity index (χ0n) is 9.46. The lowest BCUT2D eigenvalue weighted by atomic mass is 10.00. The first-order chi connectivity index (χ1) is 7.45. The van der Waals surface area contributed by atoms with Crippen LogP contribution in [0.1, 0.15) is 24.9 Å². The molecule has 0 aliphatic carbocycles. The first-order valence-corrected chi connectivity index (χ1v) is 5.71. The molecule has 0 aromatic heterocycles. The van der Waals surface area contributed by atoms with E-state index in [0.29, 0.717) is 22.2 Å². The van der Waals surface area contributed by atoms with Gasteiger partial charge >= 0.3 is 0 Å². The van der Waals surface area contributed by atoms with Gasteiger partial charge in [0.05, 0.1) is 11.6 Å². The second-order valence-electron chi connectivity index (χ2n) is 3.81. The number of aromatic hydroxyl groups is 1. The topological polar surface area (TPSA) is 55.5 Å². The van der Waals surface area contributed by atoms with Gasteiger partial charge in [0.2, 0.25) is 0 Å². The summed E-state index contributed by atoms with van der Waals surface area (Å²) in [6, 6.07) is 3.17. The van der Waals surface area contributed by atoms with E-state index < -0.39 is 0 Å². The molecule has 0 heterocycles. The van der Waals surface area contributed by atoms with E-state index in [1.807, 2.05) is 6.92 Å². The molecule has 0 amide bonds. The molecule has 1 aromatic rings. The van der Waals surface area contributed by atoms with Crippen LogP contribution in [0.4, 0.5) is 0 Å². The Balaban J connectivity index is 3.10. The van der Waals surface area contributed by atoms with Crippen molar-refractivity contribution in [2.75, 3.05) is 7.11 Å². The molecule has 0 spiro atoms. The number of halogens is 1. The average molecular weight is 286 g/mol. The van der Waals surface area contributed by atoms with Crippen LogP contribution >= 0.6 is 15.9 Å². The van der Waals surface area contributed by atoms with Crippen LogP contribution in [0, 0.1) is 0 Å². The zero-order valence-corrected chi connectivity index (χ0v) is 11.0. The summed E-state index contributed by atoms with van der Waals surface area (Å²) in [4.78, 5) is 0. The predicted molar refractivity (Wildman–Crippen MR) is 68.7 cm³/mol. The minimum Gasteiger partial charge on any atom is -0.506 e. The van der Waals surface area contributed by atoms with Gasteiger partial charge in [0.1, 0.15) is 11.5 Å². The van der Waals surface area contributed by atoms with Crippen LogP contribution in [-0.2, 0) is 0 Å². The highest BCUT2D eigenvalue weighted by atomic mass is 79.9. The molecule has 0 bridgehead atoms. The van der Waals surface area contributed by atoms with Gasteiger partial charge in [-0.25, -0.2) is 0 Å². The Bertz CT molecular complexity index is 404. The average Bonchev–Trinajstić information content (AvgIpc) is 2.20. The monoisotopic (exact) mass is 285 g/mol. The maximum atomic E-state index is 9.89. The Morgan fingerprint density at radius 3 is 2.75 bits per heavy atom. The van der Waals surface area contributed by atoms with Crippen molar-refractivity contribution in [3.8, 4) is 11.5 Å². The molecule has 4 heteroatoms. The van der Waals surface area contributed by atoms with Gasteiger partial charge in [-0.15, -0.1) is 6.58 Å². The molecule has 3 nitrogen and oxygen atoms in total. The number of hydrogen-bond acceptors (Lipinski definition) is 3. The largest absolute Gasteiger partial charge is 0.506 e. The van der Waals surface area contributed by atoms with Crippen molar-refractivity contribution in [1.82, 2.24) is 0 Å². The highest BCUT2D eigenvalue weighted by molar-refractivity contribution is 9.10.